The smallest absolute Gasteiger partial charge is 0.310 e. The van der Waals surface area contributed by atoms with E-state index in [4.69, 9.17) is 9.47 Å². The van der Waals surface area contributed by atoms with Crippen molar-refractivity contribution in [2.24, 2.45) is 10.9 Å². The minimum atomic E-state index is -0.302. The molecule has 1 N–H and O–H groups in total. The molecule has 150 valence electrons. The van der Waals surface area contributed by atoms with E-state index >= 15 is 0 Å². The van der Waals surface area contributed by atoms with E-state index in [1.54, 1.807) is 25.1 Å². The largest absolute Gasteiger partial charge is 0.504 e. The van der Waals surface area contributed by atoms with Gasteiger partial charge in [-0.1, -0.05) is 6.07 Å². The van der Waals surface area contributed by atoms with Crippen molar-refractivity contribution in [3.63, 3.8) is 0 Å². The van der Waals surface area contributed by atoms with Crippen LogP contribution in [-0.4, -0.2) is 53.4 Å². The average molecular weight is 404 g/mol. The zero-order valence-corrected chi connectivity index (χ0v) is 16.8. The minimum Gasteiger partial charge on any atom is -0.504 e. The summed E-state index contributed by atoms with van der Waals surface area (Å²) in [7, 11) is 0. The van der Waals surface area contributed by atoms with Crippen LogP contribution in [0.2, 0.25) is 0 Å². The molecule has 0 spiro atoms. The van der Waals surface area contributed by atoms with E-state index in [0.717, 1.165) is 24.9 Å². The third kappa shape index (κ3) is 4.67. The number of piperidine rings is 1. The number of phenols is 1. The molecule has 1 amide bonds. The van der Waals surface area contributed by atoms with Crippen LogP contribution in [-0.2, 0) is 14.3 Å². The van der Waals surface area contributed by atoms with Crippen molar-refractivity contribution in [3.05, 3.63) is 28.7 Å². The second-order valence-corrected chi connectivity index (χ2v) is 7.52. The topological polar surface area (TPSA) is 88.4 Å². The van der Waals surface area contributed by atoms with Crippen LogP contribution in [0.15, 0.2) is 28.1 Å². The van der Waals surface area contributed by atoms with Gasteiger partial charge in [-0.15, -0.1) is 0 Å². The summed E-state index contributed by atoms with van der Waals surface area (Å²) in [5.74, 6) is -0.243. The van der Waals surface area contributed by atoms with Gasteiger partial charge in [0.2, 0.25) is 0 Å². The molecule has 8 heteroatoms. The van der Waals surface area contributed by atoms with Gasteiger partial charge in [-0.2, -0.15) is 4.99 Å². The van der Waals surface area contributed by atoms with Crippen molar-refractivity contribution in [1.29, 1.82) is 0 Å². The second-order valence-electron chi connectivity index (χ2n) is 6.51. The molecule has 0 bridgehead atoms. The maximum atomic E-state index is 12.4. The highest BCUT2D eigenvalue weighted by Gasteiger charge is 2.32. The number of aliphatic imine (C=N–C) groups is 1. The molecule has 0 radical (unpaired) electrons. The Bertz CT molecular complexity index is 821. The van der Waals surface area contributed by atoms with Crippen molar-refractivity contribution >= 4 is 34.9 Å². The van der Waals surface area contributed by atoms with Crippen molar-refractivity contribution in [1.82, 2.24) is 4.90 Å². The molecular formula is C20H24N2O5S. The van der Waals surface area contributed by atoms with Crippen LogP contribution in [0.25, 0.3) is 6.08 Å². The number of ether oxygens (including phenoxy) is 2. The van der Waals surface area contributed by atoms with E-state index in [2.05, 4.69) is 4.99 Å². The SMILES string of the molecule is CCOC(=O)[C@H]1CCCN(C2=NC(=O)/C(=C/c3ccc(O)c(OCC)c3)S2)C1. The fourth-order valence-electron chi connectivity index (χ4n) is 3.18. The fourth-order valence-corrected chi connectivity index (χ4v) is 4.13. The molecule has 28 heavy (non-hydrogen) atoms. The predicted octanol–water partition coefficient (Wildman–Crippen LogP) is 3.04. The van der Waals surface area contributed by atoms with E-state index in [9.17, 15) is 14.7 Å². The Morgan fingerprint density at radius 1 is 1.39 bits per heavy atom. The number of phenolic OH excluding ortho intramolecular Hbond substituents is 1. The predicted molar refractivity (Wildman–Crippen MR) is 108 cm³/mol. The van der Waals surface area contributed by atoms with Crippen molar-refractivity contribution in [2.45, 2.75) is 26.7 Å². The Labute approximate surface area is 168 Å². The number of likely N-dealkylation sites (tertiary alicyclic amines) is 1. The van der Waals surface area contributed by atoms with Crippen molar-refractivity contribution in [3.8, 4) is 11.5 Å². The first-order valence-electron chi connectivity index (χ1n) is 9.41. The van der Waals surface area contributed by atoms with Crippen molar-refractivity contribution in [2.75, 3.05) is 26.3 Å². The average Bonchev–Trinajstić information content (AvgIpc) is 3.05. The lowest BCUT2D eigenvalue weighted by atomic mass is 9.99. The number of amidine groups is 1. The van der Waals surface area contributed by atoms with Gasteiger partial charge in [-0.25, -0.2) is 0 Å². The van der Waals surface area contributed by atoms with Gasteiger partial charge in [0.05, 0.1) is 24.0 Å². The number of esters is 1. The quantitative estimate of drug-likeness (QED) is 0.596. The number of carbonyl (C=O) groups excluding carboxylic acids is 2. The summed E-state index contributed by atoms with van der Waals surface area (Å²) >= 11 is 1.30. The van der Waals surface area contributed by atoms with Crippen LogP contribution >= 0.6 is 11.8 Å². The molecule has 2 heterocycles. The first kappa shape index (κ1) is 20.3. The number of hydrogen-bond donors (Lipinski definition) is 1. The molecule has 3 rings (SSSR count). The summed E-state index contributed by atoms with van der Waals surface area (Å²) in [6, 6.07) is 4.95. The minimum absolute atomic E-state index is 0.0599. The number of aromatic hydroxyl groups is 1. The van der Waals surface area contributed by atoms with Gasteiger partial charge in [0.25, 0.3) is 5.91 Å². The van der Waals surface area contributed by atoms with Crippen LogP contribution in [0.4, 0.5) is 0 Å². The molecule has 0 aliphatic carbocycles. The molecule has 1 aromatic carbocycles. The first-order chi connectivity index (χ1) is 13.5. The number of benzene rings is 1. The summed E-state index contributed by atoms with van der Waals surface area (Å²) in [5.41, 5.74) is 0.747. The van der Waals surface area contributed by atoms with Gasteiger partial charge in [0.1, 0.15) is 0 Å². The summed E-state index contributed by atoms with van der Waals surface area (Å²) in [6.45, 7) is 5.71. The lowest BCUT2D eigenvalue weighted by molar-refractivity contribution is -0.149. The normalized spacial score (nSPS) is 21.0. The van der Waals surface area contributed by atoms with Crippen LogP contribution < -0.4 is 4.74 Å². The summed E-state index contributed by atoms with van der Waals surface area (Å²) in [4.78, 5) is 31.0. The van der Waals surface area contributed by atoms with Gasteiger partial charge in [-0.3, -0.25) is 9.59 Å². The third-order valence-corrected chi connectivity index (χ3v) is 5.55. The highest BCUT2D eigenvalue weighted by Crippen LogP contribution is 2.34. The number of hydrogen-bond acceptors (Lipinski definition) is 7. The molecule has 0 saturated carbocycles. The zero-order valence-electron chi connectivity index (χ0n) is 16.0. The molecule has 7 nitrogen and oxygen atoms in total. The molecule has 1 saturated heterocycles. The Morgan fingerprint density at radius 2 is 2.21 bits per heavy atom. The Balaban J connectivity index is 1.70. The Kier molecular flexibility index (Phi) is 6.61. The van der Waals surface area contributed by atoms with Crippen LogP contribution in [0, 0.1) is 5.92 Å². The molecular weight excluding hydrogens is 380 g/mol. The molecule has 1 aromatic rings. The fraction of sp³-hybridized carbons (Fsp3) is 0.450. The van der Waals surface area contributed by atoms with E-state index in [-0.39, 0.29) is 23.5 Å². The molecule has 1 atom stereocenters. The van der Waals surface area contributed by atoms with E-state index in [0.29, 0.717) is 35.6 Å². The Morgan fingerprint density at radius 3 is 2.96 bits per heavy atom. The van der Waals surface area contributed by atoms with Gasteiger partial charge in [-0.05, 0) is 62.2 Å². The molecule has 0 unspecified atom stereocenters. The lowest BCUT2D eigenvalue weighted by Gasteiger charge is -2.32. The van der Waals surface area contributed by atoms with Crippen LogP contribution in [0.5, 0.6) is 11.5 Å². The van der Waals surface area contributed by atoms with Gasteiger partial charge < -0.3 is 19.5 Å². The van der Waals surface area contributed by atoms with E-state index < -0.39 is 0 Å². The van der Waals surface area contributed by atoms with Gasteiger partial charge in [0.15, 0.2) is 16.7 Å². The van der Waals surface area contributed by atoms with Crippen LogP contribution in [0.1, 0.15) is 32.3 Å². The van der Waals surface area contributed by atoms with Gasteiger partial charge in [0, 0.05) is 13.1 Å². The number of carbonyl (C=O) groups is 2. The molecule has 2 aliphatic heterocycles. The number of nitrogens with zero attached hydrogens (tertiary/aromatic N) is 2. The molecule has 1 fully saturated rings. The zero-order chi connectivity index (χ0) is 20.1. The highest BCUT2D eigenvalue weighted by molar-refractivity contribution is 8.18. The van der Waals surface area contributed by atoms with E-state index in [1.807, 2.05) is 11.8 Å². The van der Waals surface area contributed by atoms with Crippen molar-refractivity contribution < 1.29 is 24.2 Å². The van der Waals surface area contributed by atoms with Crippen LogP contribution in [0.3, 0.4) is 0 Å². The Hall–Kier alpha value is -2.48. The highest BCUT2D eigenvalue weighted by atomic mass is 32.2. The number of amides is 1. The molecule has 0 aromatic heterocycles. The standard InChI is InChI=1S/C20H24N2O5S/c1-3-26-16-10-13(7-8-15(16)23)11-17-18(24)21-20(28-17)22-9-5-6-14(12-22)19(25)27-4-2/h7-8,10-11,14,23H,3-6,9,12H2,1-2H3/b17-11-/t14-/m0/s1. The first-order valence-corrected chi connectivity index (χ1v) is 10.2. The number of thioether (sulfide) groups is 1. The maximum absolute atomic E-state index is 12.4. The van der Waals surface area contributed by atoms with E-state index in [1.165, 1.54) is 17.8 Å². The summed E-state index contributed by atoms with van der Waals surface area (Å²) in [6.07, 6.45) is 3.38. The van der Waals surface area contributed by atoms with Gasteiger partial charge >= 0.3 is 5.97 Å². The lowest BCUT2D eigenvalue weighted by Crippen LogP contribution is -2.41. The third-order valence-electron chi connectivity index (χ3n) is 4.50. The second kappa shape index (κ2) is 9.14. The maximum Gasteiger partial charge on any atom is 0.310 e. The summed E-state index contributed by atoms with van der Waals surface area (Å²) in [5, 5.41) is 10.4. The number of rotatable bonds is 5. The summed E-state index contributed by atoms with van der Waals surface area (Å²) < 4.78 is 10.5. The monoisotopic (exact) mass is 404 g/mol. The molecule has 2 aliphatic rings.